The van der Waals surface area contributed by atoms with Crippen molar-refractivity contribution in [2.75, 3.05) is 16.3 Å². The number of anilines is 2. The van der Waals surface area contributed by atoms with E-state index in [1.54, 1.807) is 12.4 Å². The molecule has 2 heterocycles. The third kappa shape index (κ3) is 3.07. The lowest BCUT2D eigenvalue weighted by Gasteiger charge is -2.21. The fourth-order valence-corrected chi connectivity index (χ4v) is 3.28. The fourth-order valence-electron chi connectivity index (χ4n) is 3.28. The van der Waals surface area contributed by atoms with Gasteiger partial charge >= 0.3 is 12.6 Å². The standard InChI is InChI=1S/C20H14F2N4O2/c21-19(22)28-16-7-5-14(6-8-16)25-12-15(9-23)26(20(25)27)18-11-24-10-13-3-1-2-4-17(13)18/h1-8,10-11,15,19H,12H2/t15-/m0/s1. The first-order valence-corrected chi connectivity index (χ1v) is 8.46. The van der Waals surface area contributed by atoms with Gasteiger partial charge in [-0.05, 0) is 24.3 Å². The maximum Gasteiger partial charge on any atom is 0.387 e. The minimum absolute atomic E-state index is 0.00246. The highest BCUT2D eigenvalue weighted by atomic mass is 19.3. The number of halogens is 2. The predicted molar refractivity (Wildman–Crippen MR) is 99.4 cm³/mol. The molecule has 4 rings (SSSR count). The molecular weight excluding hydrogens is 366 g/mol. The van der Waals surface area contributed by atoms with E-state index in [9.17, 15) is 18.8 Å². The number of aromatic nitrogens is 1. The number of ether oxygens (including phenoxy) is 1. The predicted octanol–water partition coefficient (Wildman–Crippen LogP) is 4.17. The van der Waals surface area contributed by atoms with Crippen molar-refractivity contribution in [3.63, 3.8) is 0 Å². The van der Waals surface area contributed by atoms with Crippen LogP contribution in [-0.2, 0) is 0 Å². The lowest BCUT2D eigenvalue weighted by atomic mass is 10.1. The summed E-state index contributed by atoms with van der Waals surface area (Å²) < 4.78 is 29.0. The van der Waals surface area contributed by atoms with E-state index in [0.29, 0.717) is 11.4 Å². The molecule has 2 amide bonds. The highest BCUT2D eigenvalue weighted by Gasteiger charge is 2.40. The Morgan fingerprint density at radius 2 is 1.89 bits per heavy atom. The van der Waals surface area contributed by atoms with Crippen LogP contribution in [0.2, 0.25) is 0 Å². The summed E-state index contributed by atoms with van der Waals surface area (Å²) in [6.45, 7) is -2.77. The second kappa shape index (κ2) is 7.12. The Kier molecular flexibility index (Phi) is 4.49. The van der Waals surface area contributed by atoms with E-state index in [4.69, 9.17) is 0 Å². The Hall–Kier alpha value is -3.73. The van der Waals surface area contributed by atoms with E-state index in [2.05, 4.69) is 15.8 Å². The SMILES string of the molecule is N#C[C@H]1CN(c2ccc(OC(F)F)cc2)C(=O)N1c1cncc2ccccc12. The van der Waals surface area contributed by atoms with Crippen LogP contribution >= 0.6 is 0 Å². The minimum atomic E-state index is -2.92. The Balaban J connectivity index is 1.69. The van der Waals surface area contributed by atoms with Crippen molar-refractivity contribution in [3.05, 3.63) is 60.9 Å². The molecule has 0 radical (unpaired) electrons. The van der Waals surface area contributed by atoms with Crippen LogP contribution < -0.4 is 14.5 Å². The zero-order valence-corrected chi connectivity index (χ0v) is 14.5. The molecular formula is C20H14F2N4O2. The number of hydrogen-bond donors (Lipinski definition) is 0. The van der Waals surface area contributed by atoms with E-state index >= 15 is 0 Å². The summed E-state index contributed by atoms with van der Waals surface area (Å²) in [5.74, 6) is -0.00246. The number of fused-ring (bicyclic) bond motifs is 1. The molecule has 1 aliphatic heterocycles. The molecule has 0 N–H and O–H groups in total. The largest absolute Gasteiger partial charge is 0.435 e. The molecule has 140 valence electrons. The van der Waals surface area contributed by atoms with Crippen molar-refractivity contribution >= 4 is 28.2 Å². The molecule has 0 spiro atoms. The van der Waals surface area contributed by atoms with Gasteiger partial charge in [-0.1, -0.05) is 24.3 Å². The van der Waals surface area contributed by atoms with E-state index < -0.39 is 12.7 Å². The number of hydrogen-bond acceptors (Lipinski definition) is 4. The molecule has 0 aliphatic carbocycles. The molecule has 8 heteroatoms. The molecule has 0 bridgehead atoms. The molecule has 0 saturated carbocycles. The fraction of sp³-hybridized carbons (Fsp3) is 0.150. The second-order valence-electron chi connectivity index (χ2n) is 6.16. The third-order valence-corrected chi connectivity index (χ3v) is 4.53. The minimum Gasteiger partial charge on any atom is -0.435 e. The number of benzene rings is 2. The smallest absolute Gasteiger partial charge is 0.387 e. The van der Waals surface area contributed by atoms with Gasteiger partial charge in [-0.2, -0.15) is 14.0 Å². The van der Waals surface area contributed by atoms with Crippen LogP contribution in [0.3, 0.4) is 0 Å². The molecule has 1 saturated heterocycles. The quantitative estimate of drug-likeness (QED) is 0.681. The van der Waals surface area contributed by atoms with E-state index in [0.717, 1.165) is 10.8 Å². The molecule has 1 fully saturated rings. The van der Waals surface area contributed by atoms with Gasteiger partial charge in [0.15, 0.2) is 0 Å². The zero-order chi connectivity index (χ0) is 19.7. The topological polar surface area (TPSA) is 69.5 Å². The normalized spacial score (nSPS) is 16.6. The van der Waals surface area contributed by atoms with Gasteiger partial charge in [-0.15, -0.1) is 0 Å². The Morgan fingerprint density at radius 3 is 2.61 bits per heavy atom. The third-order valence-electron chi connectivity index (χ3n) is 4.53. The van der Waals surface area contributed by atoms with E-state index in [1.165, 1.54) is 34.1 Å². The van der Waals surface area contributed by atoms with Crippen LogP contribution in [0.1, 0.15) is 0 Å². The molecule has 6 nitrogen and oxygen atoms in total. The monoisotopic (exact) mass is 380 g/mol. The second-order valence-corrected chi connectivity index (χ2v) is 6.16. The van der Waals surface area contributed by atoms with Gasteiger partial charge in [-0.3, -0.25) is 14.8 Å². The lowest BCUT2D eigenvalue weighted by molar-refractivity contribution is -0.0498. The first-order chi connectivity index (χ1) is 13.6. The molecule has 28 heavy (non-hydrogen) atoms. The summed E-state index contributed by atoms with van der Waals surface area (Å²) in [4.78, 5) is 20.1. The maximum atomic E-state index is 13.1. The highest BCUT2D eigenvalue weighted by molar-refractivity contribution is 6.11. The molecule has 1 aliphatic rings. The number of carbonyl (C=O) groups excluding carboxylic acids is 1. The van der Waals surface area contributed by atoms with Crippen LogP contribution in [0.4, 0.5) is 25.0 Å². The van der Waals surface area contributed by atoms with Gasteiger partial charge in [0.2, 0.25) is 0 Å². The number of pyridine rings is 1. The van der Waals surface area contributed by atoms with Crippen molar-refractivity contribution in [2.45, 2.75) is 12.7 Å². The Morgan fingerprint density at radius 1 is 1.14 bits per heavy atom. The summed E-state index contributed by atoms with van der Waals surface area (Å²) in [5, 5.41) is 11.3. The maximum absolute atomic E-state index is 13.1. The number of alkyl halides is 2. The Labute approximate surface area is 159 Å². The average molecular weight is 380 g/mol. The van der Waals surface area contributed by atoms with Crippen molar-refractivity contribution in [3.8, 4) is 11.8 Å². The Bertz CT molecular complexity index is 1060. The number of rotatable bonds is 4. The van der Waals surface area contributed by atoms with E-state index in [1.807, 2.05) is 24.3 Å². The molecule has 1 aromatic heterocycles. The number of amides is 2. The number of nitrogens with zero attached hydrogens (tertiary/aromatic N) is 4. The van der Waals surface area contributed by atoms with Gasteiger partial charge in [0.1, 0.15) is 11.8 Å². The van der Waals surface area contributed by atoms with Crippen LogP contribution in [-0.4, -0.2) is 30.2 Å². The molecule has 1 atom stereocenters. The van der Waals surface area contributed by atoms with Crippen LogP contribution in [0.15, 0.2) is 60.9 Å². The first-order valence-electron chi connectivity index (χ1n) is 8.46. The van der Waals surface area contributed by atoms with Crippen molar-refractivity contribution in [2.24, 2.45) is 0 Å². The number of urea groups is 1. The molecule has 0 unspecified atom stereocenters. The lowest BCUT2D eigenvalue weighted by Crippen LogP contribution is -2.34. The zero-order valence-electron chi connectivity index (χ0n) is 14.5. The highest BCUT2D eigenvalue weighted by Crippen LogP contribution is 2.33. The summed E-state index contributed by atoms with van der Waals surface area (Å²) in [6, 6.07) is 14.3. The van der Waals surface area contributed by atoms with Crippen LogP contribution in [0.25, 0.3) is 10.8 Å². The van der Waals surface area contributed by atoms with Crippen LogP contribution in [0, 0.1) is 11.3 Å². The van der Waals surface area contributed by atoms with Gasteiger partial charge in [0.25, 0.3) is 0 Å². The van der Waals surface area contributed by atoms with Gasteiger partial charge in [0, 0.05) is 22.7 Å². The van der Waals surface area contributed by atoms with Gasteiger partial charge < -0.3 is 4.74 Å². The summed E-state index contributed by atoms with van der Waals surface area (Å²) in [6.07, 6.45) is 3.26. The van der Waals surface area contributed by atoms with Crippen molar-refractivity contribution in [1.29, 1.82) is 5.26 Å². The molecule has 3 aromatic rings. The van der Waals surface area contributed by atoms with Crippen molar-refractivity contribution < 1.29 is 18.3 Å². The first kappa shape index (κ1) is 17.7. The number of nitriles is 1. The van der Waals surface area contributed by atoms with Gasteiger partial charge in [-0.25, -0.2) is 4.79 Å². The summed E-state index contributed by atoms with van der Waals surface area (Å²) in [5.41, 5.74) is 1.04. The van der Waals surface area contributed by atoms with E-state index in [-0.39, 0.29) is 18.3 Å². The number of carbonyl (C=O) groups is 1. The van der Waals surface area contributed by atoms with Crippen LogP contribution in [0.5, 0.6) is 5.75 Å². The van der Waals surface area contributed by atoms with Crippen molar-refractivity contribution in [1.82, 2.24) is 4.98 Å². The average Bonchev–Trinajstić information content (AvgIpc) is 3.04. The van der Waals surface area contributed by atoms with Gasteiger partial charge in [0.05, 0.1) is 24.5 Å². The molecule has 2 aromatic carbocycles. The summed E-state index contributed by atoms with van der Waals surface area (Å²) >= 11 is 0. The summed E-state index contributed by atoms with van der Waals surface area (Å²) in [7, 11) is 0.